The number of nitrogens with one attached hydrogen (secondary N) is 1. The van der Waals surface area contributed by atoms with Crippen LogP contribution in [0, 0.1) is 17.1 Å². The normalized spacial score (nSPS) is 20.9. The molecule has 2 heterocycles. The molecule has 0 radical (unpaired) electrons. The standard InChI is InChI=1S/C21H19ClFN3O3S/c22-20-18(9-17(10-19(20)23)26-3-1-5-30(26)28)21(27)25-16-7-13(11-24)6-15(8-16)14-2-4-29-12-14/h6-10,14H,1-5,12H2,(H,25,27). The largest absolute Gasteiger partial charge is 0.593 e. The van der Waals surface area contributed by atoms with Gasteiger partial charge in [-0.25, -0.2) is 4.39 Å². The minimum Gasteiger partial charge on any atom is -0.593 e. The topological polar surface area (TPSA) is 88.4 Å². The number of hydrogen-bond donors (Lipinski definition) is 1. The van der Waals surface area contributed by atoms with Gasteiger partial charge in [0.2, 0.25) is 0 Å². The van der Waals surface area contributed by atoms with E-state index in [4.69, 9.17) is 16.3 Å². The van der Waals surface area contributed by atoms with Crippen molar-refractivity contribution in [3.05, 3.63) is 57.9 Å². The Kier molecular flexibility index (Phi) is 6.16. The van der Waals surface area contributed by atoms with Crippen LogP contribution in [0.15, 0.2) is 30.3 Å². The molecule has 156 valence electrons. The summed E-state index contributed by atoms with van der Waals surface area (Å²) in [6.45, 7) is 1.74. The Morgan fingerprint density at radius 1 is 1.37 bits per heavy atom. The van der Waals surface area contributed by atoms with Gasteiger partial charge in [-0.2, -0.15) is 9.57 Å². The van der Waals surface area contributed by atoms with Gasteiger partial charge in [0.1, 0.15) is 11.6 Å². The SMILES string of the molecule is N#Cc1cc(NC(=O)c2cc(N3CCC[S+]3[O-])cc(F)c2Cl)cc(C2CCOC2)c1. The maximum absolute atomic E-state index is 14.4. The van der Waals surface area contributed by atoms with E-state index in [9.17, 15) is 19.0 Å². The number of nitrogens with zero attached hydrogens (tertiary/aromatic N) is 2. The predicted octanol–water partition coefficient (Wildman–Crippen LogP) is 3.98. The molecule has 2 aromatic rings. The Bertz CT molecular complexity index is 1020. The van der Waals surface area contributed by atoms with Crippen LogP contribution in [0.3, 0.4) is 0 Å². The summed E-state index contributed by atoms with van der Waals surface area (Å²) in [5.74, 6) is -0.698. The summed E-state index contributed by atoms with van der Waals surface area (Å²) in [7, 11) is 0. The second-order valence-electron chi connectivity index (χ2n) is 7.24. The summed E-state index contributed by atoms with van der Waals surface area (Å²) in [4.78, 5) is 12.9. The highest BCUT2D eigenvalue weighted by atomic mass is 35.5. The Balaban J connectivity index is 1.63. The fourth-order valence-corrected chi connectivity index (χ4v) is 5.16. The van der Waals surface area contributed by atoms with Crippen LogP contribution >= 0.6 is 11.6 Å². The Morgan fingerprint density at radius 3 is 2.87 bits per heavy atom. The summed E-state index contributed by atoms with van der Waals surface area (Å²) in [5, 5.41) is 11.8. The lowest BCUT2D eigenvalue weighted by Crippen LogP contribution is -2.26. The number of amides is 1. The molecule has 2 atom stereocenters. The molecule has 2 fully saturated rings. The van der Waals surface area contributed by atoms with E-state index in [-0.39, 0.29) is 16.5 Å². The number of carbonyl (C=O) groups excluding carboxylic acids is 1. The Morgan fingerprint density at radius 2 is 2.20 bits per heavy atom. The van der Waals surface area contributed by atoms with Crippen molar-refractivity contribution in [3.8, 4) is 6.07 Å². The molecule has 2 aromatic carbocycles. The van der Waals surface area contributed by atoms with Crippen molar-refractivity contribution >= 4 is 40.2 Å². The van der Waals surface area contributed by atoms with E-state index < -0.39 is 23.1 Å². The third-order valence-electron chi connectivity index (χ3n) is 5.21. The van der Waals surface area contributed by atoms with E-state index in [1.165, 1.54) is 12.1 Å². The van der Waals surface area contributed by atoms with Gasteiger partial charge < -0.3 is 14.6 Å². The molecule has 9 heteroatoms. The highest BCUT2D eigenvalue weighted by Gasteiger charge is 2.29. The van der Waals surface area contributed by atoms with Gasteiger partial charge in [0.15, 0.2) is 0 Å². The van der Waals surface area contributed by atoms with Crippen molar-refractivity contribution in [1.29, 1.82) is 5.26 Å². The fraction of sp³-hybridized carbons (Fsp3) is 0.333. The van der Waals surface area contributed by atoms with Crippen molar-refractivity contribution < 1.29 is 18.5 Å². The molecule has 2 unspecified atom stereocenters. The first kappa shape index (κ1) is 20.9. The number of benzene rings is 2. The van der Waals surface area contributed by atoms with Gasteiger partial charge >= 0.3 is 0 Å². The molecule has 1 N–H and O–H groups in total. The predicted molar refractivity (Wildman–Crippen MR) is 114 cm³/mol. The van der Waals surface area contributed by atoms with Crippen LogP contribution in [0.1, 0.15) is 40.2 Å². The first-order valence-corrected chi connectivity index (χ1v) is 11.2. The molecule has 2 aliphatic rings. The minimum atomic E-state index is -1.25. The lowest BCUT2D eigenvalue weighted by Gasteiger charge is -2.20. The lowest BCUT2D eigenvalue weighted by molar-refractivity contribution is 0.102. The number of carbonyl (C=O) groups is 1. The quantitative estimate of drug-likeness (QED) is 0.716. The molecule has 0 aromatic heterocycles. The first-order valence-electron chi connectivity index (χ1n) is 9.55. The molecular weight excluding hydrogens is 429 g/mol. The van der Waals surface area contributed by atoms with E-state index in [2.05, 4.69) is 11.4 Å². The molecule has 6 nitrogen and oxygen atoms in total. The second kappa shape index (κ2) is 8.82. The van der Waals surface area contributed by atoms with Crippen LogP contribution in [-0.4, -0.2) is 36.0 Å². The summed E-state index contributed by atoms with van der Waals surface area (Å²) in [6, 6.07) is 9.87. The smallest absolute Gasteiger partial charge is 0.257 e. The van der Waals surface area contributed by atoms with E-state index in [1.807, 2.05) is 0 Å². The summed E-state index contributed by atoms with van der Waals surface area (Å²) >= 11 is 4.81. The van der Waals surface area contributed by atoms with E-state index in [0.717, 1.165) is 18.4 Å². The molecule has 0 spiro atoms. The molecule has 2 aliphatic heterocycles. The van der Waals surface area contributed by atoms with Gasteiger partial charge in [0, 0.05) is 30.7 Å². The van der Waals surface area contributed by atoms with Crippen LogP contribution in [-0.2, 0) is 16.1 Å². The number of rotatable bonds is 4. The zero-order valence-corrected chi connectivity index (χ0v) is 17.6. The highest BCUT2D eigenvalue weighted by Crippen LogP contribution is 2.32. The average Bonchev–Trinajstić information content (AvgIpc) is 3.41. The van der Waals surface area contributed by atoms with Gasteiger partial charge in [0.05, 0.1) is 52.4 Å². The molecule has 30 heavy (non-hydrogen) atoms. The average molecular weight is 448 g/mol. The maximum Gasteiger partial charge on any atom is 0.257 e. The van der Waals surface area contributed by atoms with Gasteiger partial charge in [-0.15, -0.1) is 0 Å². The summed E-state index contributed by atoms with van der Waals surface area (Å²) in [6.07, 6.45) is 1.57. The number of anilines is 2. The third-order valence-corrected chi connectivity index (χ3v) is 7.12. The molecule has 0 aliphatic carbocycles. The van der Waals surface area contributed by atoms with Crippen molar-refractivity contribution in [3.63, 3.8) is 0 Å². The van der Waals surface area contributed by atoms with Crippen LogP contribution in [0.5, 0.6) is 0 Å². The molecule has 4 rings (SSSR count). The third kappa shape index (κ3) is 4.25. The van der Waals surface area contributed by atoms with Crippen molar-refractivity contribution in [2.45, 2.75) is 18.8 Å². The molecular formula is C21H19ClFN3O3S. The van der Waals surface area contributed by atoms with Crippen molar-refractivity contribution in [2.24, 2.45) is 0 Å². The van der Waals surface area contributed by atoms with Crippen molar-refractivity contribution in [1.82, 2.24) is 0 Å². The number of ether oxygens (including phenoxy) is 1. The molecule has 0 bridgehead atoms. The number of hydrogen-bond acceptors (Lipinski definition) is 5. The van der Waals surface area contributed by atoms with Crippen LogP contribution in [0.2, 0.25) is 5.02 Å². The number of halogens is 2. The van der Waals surface area contributed by atoms with E-state index >= 15 is 0 Å². The highest BCUT2D eigenvalue weighted by molar-refractivity contribution is 7.93. The first-order chi connectivity index (χ1) is 14.5. The van der Waals surface area contributed by atoms with Crippen LogP contribution in [0.25, 0.3) is 0 Å². The zero-order valence-electron chi connectivity index (χ0n) is 16.0. The molecule has 1 amide bonds. The van der Waals surface area contributed by atoms with E-state index in [0.29, 0.717) is 42.4 Å². The van der Waals surface area contributed by atoms with Crippen LogP contribution < -0.4 is 9.62 Å². The monoisotopic (exact) mass is 447 g/mol. The fourth-order valence-electron chi connectivity index (χ4n) is 3.69. The molecule has 2 saturated heterocycles. The zero-order chi connectivity index (χ0) is 21.3. The van der Waals surface area contributed by atoms with Gasteiger partial charge in [0.25, 0.3) is 5.91 Å². The molecule has 0 saturated carbocycles. The maximum atomic E-state index is 14.4. The van der Waals surface area contributed by atoms with Crippen LogP contribution in [0.4, 0.5) is 15.8 Å². The lowest BCUT2D eigenvalue weighted by atomic mass is 9.96. The Hall–Kier alpha value is -2.31. The minimum absolute atomic E-state index is 0.0522. The van der Waals surface area contributed by atoms with Crippen molar-refractivity contribution in [2.75, 3.05) is 35.1 Å². The Labute approximate surface area is 181 Å². The summed E-state index contributed by atoms with van der Waals surface area (Å²) < 4.78 is 33.5. The van der Waals surface area contributed by atoms with Gasteiger partial charge in [-0.1, -0.05) is 11.6 Å². The van der Waals surface area contributed by atoms with Gasteiger partial charge in [-0.3, -0.25) is 4.79 Å². The number of nitriles is 1. The van der Waals surface area contributed by atoms with Gasteiger partial charge in [-0.05, 0) is 36.2 Å². The second-order valence-corrected chi connectivity index (χ2v) is 9.11. The summed E-state index contributed by atoms with van der Waals surface area (Å²) in [5.41, 5.74) is 2.04. The van der Waals surface area contributed by atoms with E-state index in [1.54, 1.807) is 22.5 Å².